The molecule has 150 valence electrons. The number of allylic oxidation sites excluding steroid dienone is 1. The number of Topliss-reactive ketones (excluding diaryl/α,β-unsaturated/α-hetero) is 1. The van der Waals surface area contributed by atoms with Gasteiger partial charge in [0.05, 0.1) is 20.8 Å². The van der Waals surface area contributed by atoms with Crippen molar-refractivity contribution in [3.8, 4) is 11.5 Å². The highest BCUT2D eigenvalue weighted by Gasteiger charge is 2.37. The number of ketones is 1. The topological polar surface area (TPSA) is 83.1 Å². The van der Waals surface area contributed by atoms with Crippen LogP contribution >= 0.6 is 0 Å². The normalized spacial score (nSPS) is 14.6. The van der Waals surface area contributed by atoms with Crippen molar-refractivity contribution in [3.05, 3.63) is 71.3 Å². The Morgan fingerprint density at radius 2 is 1.86 bits per heavy atom. The smallest absolute Gasteiger partial charge is 0.347 e. The summed E-state index contributed by atoms with van der Waals surface area (Å²) in [5.41, 5.74) is 1.08. The number of carbonyl (C=O) groups excluding carboxylic acids is 2. The van der Waals surface area contributed by atoms with E-state index in [-0.39, 0.29) is 23.8 Å². The van der Waals surface area contributed by atoms with Gasteiger partial charge in [-0.25, -0.2) is 4.79 Å². The van der Waals surface area contributed by atoms with Gasteiger partial charge in [-0.05, 0) is 37.3 Å². The lowest BCUT2D eigenvalue weighted by Gasteiger charge is -2.09. The zero-order valence-corrected chi connectivity index (χ0v) is 16.4. The molecule has 0 spiro atoms. The molecule has 0 atom stereocenters. The maximum atomic E-state index is 12.9. The number of rotatable bonds is 7. The van der Waals surface area contributed by atoms with Crippen molar-refractivity contribution in [2.45, 2.75) is 6.92 Å². The summed E-state index contributed by atoms with van der Waals surface area (Å²) in [6.45, 7) is 1.81. The molecule has 1 heterocycles. The van der Waals surface area contributed by atoms with Crippen molar-refractivity contribution in [3.63, 3.8) is 0 Å². The summed E-state index contributed by atoms with van der Waals surface area (Å²) in [6.07, 6.45) is 1.51. The van der Waals surface area contributed by atoms with Crippen LogP contribution in [0.3, 0.4) is 0 Å². The Morgan fingerprint density at radius 1 is 1.10 bits per heavy atom. The SMILES string of the molecule is CCOC(=O)C1=C(Nc2ccccc2)O/C(=C\c2ccc(OC)cc2OC)C1=O. The number of benzene rings is 2. The summed E-state index contributed by atoms with van der Waals surface area (Å²) in [5.74, 6) is -0.205. The van der Waals surface area contributed by atoms with E-state index in [1.807, 2.05) is 18.2 Å². The third-order valence-electron chi connectivity index (χ3n) is 4.13. The second-order valence-corrected chi connectivity index (χ2v) is 5.96. The summed E-state index contributed by atoms with van der Waals surface area (Å²) in [7, 11) is 3.06. The molecule has 7 heteroatoms. The van der Waals surface area contributed by atoms with Gasteiger partial charge in [-0.1, -0.05) is 18.2 Å². The zero-order valence-electron chi connectivity index (χ0n) is 16.4. The Kier molecular flexibility index (Phi) is 6.19. The molecule has 0 amide bonds. The van der Waals surface area contributed by atoms with Crippen molar-refractivity contribution in [2.75, 3.05) is 26.1 Å². The van der Waals surface area contributed by atoms with Gasteiger partial charge in [0.2, 0.25) is 11.7 Å². The molecule has 29 heavy (non-hydrogen) atoms. The van der Waals surface area contributed by atoms with E-state index in [1.54, 1.807) is 44.4 Å². The molecule has 0 aromatic heterocycles. The lowest BCUT2D eigenvalue weighted by molar-refractivity contribution is -0.139. The second kappa shape index (κ2) is 8.97. The third-order valence-corrected chi connectivity index (χ3v) is 4.13. The van der Waals surface area contributed by atoms with Crippen LogP contribution in [0.5, 0.6) is 11.5 Å². The van der Waals surface area contributed by atoms with Gasteiger partial charge in [0.15, 0.2) is 11.3 Å². The Morgan fingerprint density at radius 3 is 2.52 bits per heavy atom. The Bertz CT molecular complexity index is 978. The van der Waals surface area contributed by atoms with Crippen LogP contribution in [0.15, 0.2) is 65.7 Å². The molecule has 0 unspecified atom stereocenters. The molecule has 0 bridgehead atoms. The molecule has 1 aliphatic rings. The number of hydrogen-bond acceptors (Lipinski definition) is 7. The van der Waals surface area contributed by atoms with Crippen molar-refractivity contribution in [1.29, 1.82) is 0 Å². The molecule has 7 nitrogen and oxygen atoms in total. The summed E-state index contributed by atoms with van der Waals surface area (Å²) in [6, 6.07) is 14.2. The highest BCUT2D eigenvalue weighted by Crippen LogP contribution is 2.32. The fraction of sp³-hybridized carbons (Fsp3) is 0.182. The number of nitrogens with one attached hydrogen (secondary N) is 1. The van der Waals surface area contributed by atoms with Gasteiger partial charge in [0, 0.05) is 17.3 Å². The van der Waals surface area contributed by atoms with E-state index >= 15 is 0 Å². The van der Waals surface area contributed by atoms with E-state index in [0.717, 1.165) is 0 Å². The minimum absolute atomic E-state index is 0.0186. The van der Waals surface area contributed by atoms with E-state index in [0.29, 0.717) is 22.7 Å². The van der Waals surface area contributed by atoms with Gasteiger partial charge in [-0.2, -0.15) is 0 Å². The lowest BCUT2D eigenvalue weighted by atomic mass is 10.1. The van der Waals surface area contributed by atoms with Crippen LogP contribution in [0.2, 0.25) is 0 Å². The predicted molar refractivity (Wildman–Crippen MR) is 107 cm³/mol. The molecule has 0 saturated heterocycles. The first-order valence-corrected chi connectivity index (χ1v) is 8.97. The molecule has 0 fully saturated rings. The molecule has 2 aromatic rings. The number of anilines is 1. The monoisotopic (exact) mass is 395 g/mol. The first kappa shape index (κ1) is 20.0. The maximum Gasteiger partial charge on any atom is 0.347 e. The number of ether oxygens (including phenoxy) is 4. The largest absolute Gasteiger partial charge is 0.497 e. The van der Waals surface area contributed by atoms with E-state index in [1.165, 1.54) is 13.2 Å². The maximum absolute atomic E-state index is 12.9. The van der Waals surface area contributed by atoms with Crippen molar-refractivity contribution >= 4 is 23.5 Å². The van der Waals surface area contributed by atoms with Crippen molar-refractivity contribution < 1.29 is 28.5 Å². The van der Waals surface area contributed by atoms with Gasteiger partial charge in [0.1, 0.15) is 11.5 Å². The van der Waals surface area contributed by atoms with Crippen LogP contribution in [0.25, 0.3) is 6.08 Å². The molecule has 0 saturated carbocycles. The predicted octanol–water partition coefficient (Wildman–Crippen LogP) is 3.53. The van der Waals surface area contributed by atoms with Gasteiger partial charge < -0.3 is 24.3 Å². The molecule has 1 N–H and O–H groups in total. The standard InChI is InChI=1S/C22H21NO6/c1-4-28-22(25)19-20(24)18(29-21(19)23-15-8-6-5-7-9-15)12-14-10-11-16(26-2)13-17(14)27-3/h5-13,23H,4H2,1-3H3/b18-12-. The van der Waals surface area contributed by atoms with E-state index in [4.69, 9.17) is 18.9 Å². The summed E-state index contributed by atoms with van der Waals surface area (Å²) in [5, 5.41) is 2.97. The van der Waals surface area contributed by atoms with Gasteiger partial charge in [0.25, 0.3) is 0 Å². The highest BCUT2D eigenvalue weighted by molar-refractivity contribution is 6.26. The summed E-state index contributed by atoms with van der Waals surface area (Å²) < 4.78 is 21.3. The highest BCUT2D eigenvalue weighted by atomic mass is 16.5. The van der Waals surface area contributed by atoms with Crippen LogP contribution < -0.4 is 14.8 Å². The fourth-order valence-electron chi connectivity index (χ4n) is 2.74. The second-order valence-electron chi connectivity index (χ2n) is 5.96. The third kappa shape index (κ3) is 4.40. The summed E-state index contributed by atoms with van der Waals surface area (Å²) in [4.78, 5) is 25.3. The minimum atomic E-state index is -0.749. The van der Waals surface area contributed by atoms with Crippen molar-refractivity contribution in [1.82, 2.24) is 0 Å². The average molecular weight is 395 g/mol. The first-order chi connectivity index (χ1) is 14.1. The van der Waals surface area contributed by atoms with E-state index < -0.39 is 11.8 Å². The Balaban J connectivity index is 1.97. The number of methoxy groups -OCH3 is 2. The van der Waals surface area contributed by atoms with Gasteiger partial charge in [-0.15, -0.1) is 0 Å². The molecule has 0 radical (unpaired) electrons. The quantitative estimate of drug-likeness (QED) is 0.436. The van der Waals surface area contributed by atoms with Crippen LogP contribution in [-0.4, -0.2) is 32.6 Å². The molecule has 2 aromatic carbocycles. The lowest BCUT2D eigenvalue weighted by Crippen LogP contribution is -2.16. The fourth-order valence-corrected chi connectivity index (χ4v) is 2.74. The van der Waals surface area contributed by atoms with E-state index in [9.17, 15) is 9.59 Å². The average Bonchev–Trinajstić information content (AvgIpc) is 3.04. The summed E-state index contributed by atoms with van der Waals surface area (Å²) >= 11 is 0. The van der Waals surface area contributed by atoms with Gasteiger partial charge >= 0.3 is 5.97 Å². The van der Waals surface area contributed by atoms with E-state index in [2.05, 4.69) is 5.32 Å². The van der Waals surface area contributed by atoms with Gasteiger partial charge in [-0.3, -0.25) is 4.79 Å². The molecular formula is C22H21NO6. The first-order valence-electron chi connectivity index (χ1n) is 8.97. The Labute approximate surface area is 168 Å². The minimum Gasteiger partial charge on any atom is -0.497 e. The molecule has 1 aliphatic heterocycles. The molecule has 3 rings (SSSR count). The number of esters is 1. The molecular weight excluding hydrogens is 374 g/mol. The number of hydrogen-bond donors (Lipinski definition) is 1. The zero-order chi connectivity index (χ0) is 20.8. The van der Waals surface area contributed by atoms with Crippen LogP contribution in [0.4, 0.5) is 5.69 Å². The Hall–Kier alpha value is -3.74. The van der Waals surface area contributed by atoms with Crippen molar-refractivity contribution in [2.24, 2.45) is 0 Å². The van der Waals surface area contributed by atoms with Crippen LogP contribution in [0.1, 0.15) is 12.5 Å². The molecule has 0 aliphatic carbocycles. The number of para-hydroxylation sites is 1. The van der Waals surface area contributed by atoms with Crippen LogP contribution in [-0.2, 0) is 19.1 Å². The van der Waals surface area contributed by atoms with Crippen LogP contribution in [0, 0.1) is 0 Å². The number of carbonyl (C=O) groups is 2.